The quantitative estimate of drug-likeness (QED) is 0.523. The second kappa shape index (κ2) is 7.77. The van der Waals surface area contributed by atoms with Crippen LogP contribution < -0.4 is 5.32 Å². The molecule has 8 heteroatoms. The number of carbonyl (C=O) groups excluding carboxylic acids is 1. The molecular formula is C20H21N5O3. The molecule has 0 unspecified atom stereocenters. The van der Waals surface area contributed by atoms with Crippen LogP contribution in [0.2, 0.25) is 0 Å². The maximum atomic E-state index is 12.3. The van der Waals surface area contributed by atoms with Crippen LogP contribution in [0.5, 0.6) is 0 Å². The van der Waals surface area contributed by atoms with Crippen molar-refractivity contribution in [3.8, 4) is 0 Å². The Morgan fingerprint density at radius 2 is 1.89 bits per heavy atom. The lowest BCUT2D eigenvalue weighted by atomic mass is 9.96. The highest BCUT2D eigenvalue weighted by atomic mass is 16.6. The number of para-hydroxylation sites is 2. The zero-order valence-corrected chi connectivity index (χ0v) is 15.3. The summed E-state index contributed by atoms with van der Waals surface area (Å²) in [7, 11) is 0. The molecule has 2 aromatic carbocycles. The van der Waals surface area contributed by atoms with Crippen molar-refractivity contribution < 1.29 is 9.72 Å². The van der Waals surface area contributed by atoms with E-state index in [0.29, 0.717) is 18.2 Å². The number of aromatic nitrogens is 2. The SMILES string of the molecule is O=C(CN1CCC(c2nc3ccccc3[nH]2)CC1)Nc1ccc([N+](=O)[O-])cc1. The van der Waals surface area contributed by atoms with Crippen LogP contribution in [0.25, 0.3) is 11.0 Å². The third-order valence-electron chi connectivity index (χ3n) is 5.11. The predicted octanol–water partition coefficient (Wildman–Crippen LogP) is 3.29. The molecule has 0 saturated carbocycles. The molecule has 2 N–H and O–H groups in total. The minimum atomic E-state index is -0.461. The number of aromatic amines is 1. The first-order valence-electron chi connectivity index (χ1n) is 9.30. The average molecular weight is 379 g/mol. The second-order valence-corrected chi connectivity index (χ2v) is 7.04. The smallest absolute Gasteiger partial charge is 0.269 e. The van der Waals surface area contributed by atoms with Crippen LogP contribution in [-0.2, 0) is 4.79 Å². The van der Waals surface area contributed by atoms with E-state index >= 15 is 0 Å². The zero-order valence-electron chi connectivity index (χ0n) is 15.3. The van der Waals surface area contributed by atoms with E-state index in [-0.39, 0.29) is 11.6 Å². The van der Waals surface area contributed by atoms with Gasteiger partial charge in [0, 0.05) is 23.7 Å². The van der Waals surface area contributed by atoms with Gasteiger partial charge in [0.15, 0.2) is 0 Å². The fourth-order valence-electron chi connectivity index (χ4n) is 3.60. The summed E-state index contributed by atoms with van der Waals surface area (Å²) in [6, 6.07) is 13.9. The summed E-state index contributed by atoms with van der Waals surface area (Å²) >= 11 is 0. The molecule has 1 aliphatic heterocycles. The van der Waals surface area contributed by atoms with E-state index in [1.807, 2.05) is 24.3 Å². The number of nitrogens with zero attached hydrogens (tertiary/aromatic N) is 3. The first-order chi connectivity index (χ1) is 13.6. The molecule has 1 amide bonds. The molecule has 0 atom stereocenters. The molecule has 1 aromatic heterocycles. The van der Waals surface area contributed by atoms with E-state index in [1.165, 1.54) is 12.1 Å². The fourth-order valence-corrected chi connectivity index (χ4v) is 3.60. The number of nitro groups is 1. The number of carbonyl (C=O) groups is 1. The highest BCUT2D eigenvalue weighted by molar-refractivity contribution is 5.92. The Morgan fingerprint density at radius 3 is 2.57 bits per heavy atom. The van der Waals surface area contributed by atoms with Crippen molar-refractivity contribution in [2.24, 2.45) is 0 Å². The van der Waals surface area contributed by atoms with E-state index in [0.717, 1.165) is 42.8 Å². The zero-order chi connectivity index (χ0) is 19.5. The molecule has 0 aliphatic carbocycles. The van der Waals surface area contributed by atoms with Crippen LogP contribution in [0.3, 0.4) is 0 Å². The van der Waals surface area contributed by atoms with Crippen LogP contribution in [0.1, 0.15) is 24.6 Å². The van der Waals surface area contributed by atoms with Crippen molar-refractivity contribution in [1.29, 1.82) is 0 Å². The number of hydrogen-bond donors (Lipinski definition) is 2. The number of piperidine rings is 1. The Kier molecular flexibility index (Phi) is 5.03. The Balaban J connectivity index is 1.29. The normalized spacial score (nSPS) is 15.6. The average Bonchev–Trinajstić information content (AvgIpc) is 3.13. The van der Waals surface area contributed by atoms with Gasteiger partial charge in [-0.05, 0) is 50.2 Å². The number of imidazole rings is 1. The number of fused-ring (bicyclic) bond motifs is 1. The minimum Gasteiger partial charge on any atom is -0.342 e. The van der Waals surface area contributed by atoms with Crippen molar-refractivity contribution in [3.05, 3.63) is 64.5 Å². The molecule has 0 radical (unpaired) electrons. The third kappa shape index (κ3) is 4.01. The number of benzene rings is 2. The van der Waals surface area contributed by atoms with Gasteiger partial charge in [0.1, 0.15) is 5.82 Å². The van der Waals surface area contributed by atoms with Crippen molar-refractivity contribution in [2.45, 2.75) is 18.8 Å². The van der Waals surface area contributed by atoms with E-state index in [2.05, 4.69) is 15.2 Å². The second-order valence-electron chi connectivity index (χ2n) is 7.04. The highest BCUT2D eigenvalue weighted by Crippen LogP contribution is 2.27. The molecule has 144 valence electrons. The summed E-state index contributed by atoms with van der Waals surface area (Å²) in [5.74, 6) is 1.29. The lowest BCUT2D eigenvalue weighted by Crippen LogP contribution is -2.38. The maximum absolute atomic E-state index is 12.3. The van der Waals surface area contributed by atoms with Crippen molar-refractivity contribution in [3.63, 3.8) is 0 Å². The monoisotopic (exact) mass is 379 g/mol. The van der Waals surface area contributed by atoms with Gasteiger partial charge in [-0.25, -0.2) is 4.98 Å². The number of likely N-dealkylation sites (tertiary alicyclic amines) is 1. The van der Waals surface area contributed by atoms with Gasteiger partial charge in [-0.1, -0.05) is 12.1 Å². The van der Waals surface area contributed by atoms with Gasteiger partial charge >= 0.3 is 0 Å². The molecule has 1 fully saturated rings. The number of nitrogens with one attached hydrogen (secondary N) is 2. The third-order valence-corrected chi connectivity index (χ3v) is 5.11. The Labute approximate surface area is 161 Å². The van der Waals surface area contributed by atoms with Crippen LogP contribution in [0.4, 0.5) is 11.4 Å². The van der Waals surface area contributed by atoms with Gasteiger partial charge in [0.2, 0.25) is 5.91 Å². The van der Waals surface area contributed by atoms with E-state index < -0.39 is 4.92 Å². The molecule has 8 nitrogen and oxygen atoms in total. The molecule has 3 aromatic rings. The van der Waals surface area contributed by atoms with Crippen LogP contribution >= 0.6 is 0 Å². The van der Waals surface area contributed by atoms with Gasteiger partial charge in [-0.15, -0.1) is 0 Å². The van der Waals surface area contributed by atoms with E-state index in [4.69, 9.17) is 4.98 Å². The number of rotatable bonds is 5. The van der Waals surface area contributed by atoms with Crippen LogP contribution in [0.15, 0.2) is 48.5 Å². The highest BCUT2D eigenvalue weighted by Gasteiger charge is 2.24. The van der Waals surface area contributed by atoms with E-state index in [1.54, 1.807) is 12.1 Å². The van der Waals surface area contributed by atoms with Crippen molar-refractivity contribution in [2.75, 3.05) is 25.0 Å². The topological polar surface area (TPSA) is 104 Å². The van der Waals surface area contributed by atoms with Gasteiger partial charge < -0.3 is 10.3 Å². The summed E-state index contributed by atoms with van der Waals surface area (Å²) in [5, 5.41) is 13.5. The summed E-state index contributed by atoms with van der Waals surface area (Å²) in [6.07, 6.45) is 1.90. The Hall–Kier alpha value is -3.26. The molecule has 28 heavy (non-hydrogen) atoms. The van der Waals surface area contributed by atoms with Gasteiger partial charge in [-0.2, -0.15) is 0 Å². The summed E-state index contributed by atoms with van der Waals surface area (Å²) in [6.45, 7) is 1.97. The summed E-state index contributed by atoms with van der Waals surface area (Å²) < 4.78 is 0. The van der Waals surface area contributed by atoms with Crippen molar-refractivity contribution in [1.82, 2.24) is 14.9 Å². The standard InChI is InChI=1S/C20H21N5O3/c26-19(21-15-5-7-16(8-6-15)25(27)28)13-24-11-9-14(10-12-24)20-22-17-3-1-2-4-18(17)23-20/h1-8,14H,9-13H2,(H,21,26)(H,22,23). The number of H-pyrrole nitrogens is 1. The van der Waals surface area contributed by atoms with Crippen LogP contribution in [-0.4, -0.2) is 45.3 Å². The predicted molar refractivity (Wildman–Crippen MR) is 106 cm³/mol. The molecule has 0 bridgehead atoms. The van der Waals surface area contributed by atoms with Crippen LogP contribution in [0, 0.1) is 10.1 Å². The molecular weight excluding hydrogens is 358 g/mol. The number of nitro benzene ring substituents is 1. The number of hydrogen-bond acceptors (Lipinski definition) is 5. The lowest BCUT2D eigenvalue weighted by molar-refractivity contribution is -0.384. The molecule has 1 saturated heterocycles. The van der Waals surface area contributed by atoms with Gasteiger partial charge in [-0.3, -0.25) is 19.8 Å². The largest absolute Gasteiger partial charge is 0.342 e. The molecule has 2 heterocycles. The first-order valence-corrected chi connectivity index (χ1v) is 9.30. The first kappa shape index (κ1) is 18.1. The Morgan fingerprint density at radius 1 is 1.18 bits per heavy atom. The van der Waals surface area contributed by atoms with E-state index in [9.17, 15) is 14.9 Å². The lowest BCUT2D eigenvalue weighted by Gasteiger charge is -2.30. The number of anilines is 1. The maximum Gasteiger partial charge on any atom is 0.269 e. The fraction of sp³-hybridized carbons (Fsp3) is 0.300. The summed E-state index contributed by atoms with van der Waals surface area (Å²) in [5.41, 5.74) is 2.61. The van der Waals surface area contributed by atoms with Crippen molar-refractivity contribution >= 4 is 28.3 Å². The molecule has 4 rings (SSSR count). The number of non-ortho nitro benzene ring substituents is 1. The van der Waals surface area contributed by atoms with Gasteiger partial charge in [0.25, 0.3) is 5.69 Å². The molecule has 0 spiro atoms. The minimum absolute atomic E-state index is 0.00524. The summed E-state index contributed by atoms with van der Waals surface area (Å²) in [4.78, 5) is 32.7. The molecule has 1 aliphatic rings. The Bertz CT molecular complexity index is 958. The van der Waals surface area contributed by atoms with Gasteiger partial charge in [0.05, 0.1) is 22.5 Å². The number of amides is 1.